The van der Waals surface area contributed by atoms with Gasteiger partial charge in [-0.05, 0) is 35.2 Å². The Morgan fingerprint density at radius 2 is 1.84 bits per heavy atom. The van der Waals surface area contributed by atoms with E-state index in [1.54, 1.807) is 12.5 Å². The molecule has 0 atom stereocenters. The lowest BCUT2D eigenvalue weighted by molar-refractivity contribution is 0.590. The Kier molecular flexibility index (Phi) is 3.65. The number of nitrogens with one attached hydrogen (secondary N) is 1. The van der Waals surface area contributed by atoms with Crippen LogP contribution in [0.25, 0.3) is 16.6 Å². The Hall–Kier alpha value is -2.59. The van der Waals surface area contributed by atoms with E-state index >= 15 is 0 Å². The highest BCUT2D eigenvalue weighted by Crippen LogP contribution is 2.32. The average Bonchev–Trinajstić information content (AvgIpc) is 3.06. The second-order valence-electron chi connectivity index (χ2n) is 7.17. The van der Waals surface area contributed by atoms with Crippen LogP contribution in [0.1, 0.15) is 26.3 Å². The smallest absolute Gasteiger partial charge is 0.157 e. The van der Waals surface area contributed by atoms with Crippen molar-refractivity contribution < 1.29 is 0 Å². The van der Waals surface area contributed by atoms with E-state index in [1.807, 2.05) is 40.8 Å². The van der Waals surface area contributed by atoms with Crippen LogP contribution in [0.3, 0.4) is 0 Å². The van der Waals surface area contributed by atoms with Gasteiger partial charge >= 0.3 is 0 Å². The zero-order valence-corrected chi connectivity index (χ0v) is 15.2. The number of anilines is 2. The molecule has 0 amide bonds. The quantitative estimate of drug-likeness (QED) is 0.513. The van der Waals surface area contributed by atoms with Crippen molar-refractivity contribution >= 4 is 39.7 Å². The first-order valence-electron chi connectivity index (χ1n) is 8.21. The molecule has 1 N–H and O–H groups in total. The highest BCUT2D eigenvalue weighted by molar-refractivity contribution is 6.33. The molecule has 0 aliphatic carbocycles. The number of para-hydroxylation sites is 2. The van der Waals surface area contributed by atoms with Gasteiger partial charge in [-0.1, -0.05) is 50.6 Å². The number of hydrogen-bond acceptors (Lipinski definition) is 3. The van der Waals surface area contributed by atoms with Gasteiger partial charge in [0, 0.05) is 0 Å². The summed E-state index contributed by atoms with van der Waals surface area (Å²) in [6, 6.07) is 14.1. The third kappa shape index (κ3) is 2.83. The summed E-state index contributed by atoms with van der Waals surface area (Å²) in [6.07, 6.45) is 3.61. The van der Waals surface area contributed by atoms with E-state index in [2.05, 4.69) is 37.1 Å². The maximum absolute atomic E-state index is 6.52. The van der Waals surface area contributed by atoms with Crippen molar-refractivity contribution in [2.45, 2.75) is 26.2 Å². The SMILES string of the molecule is CC(C)(C)c1ccc(Nc2nc3ccccc3n3cncc23)c(Cl)c1. The lowest BCUT2D eigenvalue weighted by Gasteiger charge is -2.20. The van der Waals surface area contributed by atoms with E-state index in [4.69, 9.17) is 16.6 Å². The predicted molar refractivity (Wildman–Crippen MR) is 104 cm³/mol. The minimum Gasteiger partial charge on any atom is -0.337 e. The molecule has 0 spiro atoms. The summed E-state index contributed by atoms with van der Waals surface area (Å²) in [5, 5.41) is 4.05. The van der Waals surface area contributed by atoms with E-state index in [9.17, 15) is 0 Å². The second-order valence-corrected chi connectivity index (χ2v) is 7.57. The minimum absolute atomic E-state index is 0.0576. The van der Waals surface area contributed by atoms with E-state index in [-0.39, 0.29) is 5.41 Å². The molecule has 0 saturated heterocycles. The van der Waals surface area contributed by atoms with Crippen LogP contribution in [0.4, 0.5) is 11.5 Å². The van der Waals surface area contributed by atoms with Gasteiger partial charge in [-0.25, -0.2) is 9.97 Å². The number of rotatable bonds is 2. The van der Waals surface area contributed by atoms with Crippen LogP contribution in [0, 0.1) is 0 Å². The van der Waals surface area contributed by atoms with E-state index in [0.717, 1.165) is 28.1 Å². The normalized spacial score (nSPS) is 12.0. The summed E-state index contributed by atoms with van der Waals surface area (Å²) in [5.41, 5.74) is 4.93. The van der Waals surface area contributed by atoms with Crippen molar-refractivity contribution in [1.29, 1.82) is 0 Å². The summed E-state index contributed by atoms with van der Waals surface area (Å²) >= 11 is 6.52. The summed E-state index contributed by atoms with van der Waals surface area (Å²) in [4.78, 5) is 9.03. The fourth-order valence-corrected chi connectivity index (χ4v) is 3.13. The fraction of sp³-hybridized carbons (Fsp3) is 0.200. The van der Waals surface area contributed by atoms with Gasteiger partial charge in [-0.3, -0.25) is 4.40 Å². The Labute approximate surface area is 151 Å². The van der Waals surface area contributed by atoms with Crippen LogP contribution in [0.15, 0.2) is 55.0 Å². The maximum Gasteiger partial charge on any atom is 0.157 e. The van der Waals surface area contributed by atoms with Gasteiger partial charge < -0.3 is 5.32 Å². The van der Waals surface area contributed by atoms with Gasteiger partial charge in [-0.15, -0.1) is 0 Å². The van der Waals surface area contributed by atoms with E-state index in [0.29, 0.717) is 5.02 Å². The van der Waals surface area contributed by atoms with Crippen LogP contribution >= 0.6 is 11.6 Å². The van der Waals surface area contributed by atoms with Crippen molar-refractivity contribution in [2.24, 2.45) is 0 Å². The number of imidazole rings is 1. The van der Waals surface area contributed by atoms with Gasteiger partial charge in [0.2, 0.25) is 0 Å². The van der Waals surface area contributed by atoms with Gasteiger partial charge in [0.25, 0.3) is 0 Å². The Bertz CT molecular complexity index is 1080. The van der Waals surface area contributed by atoms with Gasteiger partial charge in [-0.2, -0.15) is 0 Å². The lowest BCUT2D eigenvalue weighted by Crippen LogP contribution is -2.11. The zero-order chi connectivity index (χ0) is 17.6. The largest absolute Gasteiger partial charge is 0.337 e. The van der Waals surface area contributed by atoms with Crippen molar-refractivity contribution in [3.05, 3.63) is 65.6 Å². The van der Waals surface area contributed by atoms with Gasteiger partial charge in [0.15, 0.2) is 5.82 Å². The topological polar surface area (TPSA) is 42.2 Å². The number of aromatic nitrogens is 3. The molecule has 2 heterocycles. The highest BCUT2D eigenvalue weighted by Gasteiger charge is 2.16. The van der Waals surface area contributed by atoms with Gasteiger partial charge in [0.1, 0.15) is 5.52 Å². The van der Waals surface area contributed by atoms with Crippen LogP contribution in [0.2, 0.25) is 5.02 Å². The molecule has 0 saturated carbocycles. The van der Waals surface area contributed by atoms with Crippen molar-refractivity contribution in [3.63, 3.8) is 0 Å². The number of hydrogen-bond donors (Lipinski definition) is 1. The Morgan fingerprint density at radius 1 is 1.04 bits per heavy atom. The summed E-state index contributed by atoms with van der Waals surface area (Å²) < 4.78 is 2.03. The molecular weight excluding hydrogens is 332 g/mol. The number of nitrogens with zero attached hydrogens (tertiary/aromatic N) is 3. The van der Waals surface area contributed by atoms with E-state index < -0.39 is 0 Å². The minimum atomic E-state index is 0.0576. The molecule has 126 valence electrons. The summed E-state index contributed by atoms with van der Waals surface area (Å²) in [5.74, 6) is 0.738. The molecule has 25 heavy (non-hydrogen) atoms. The monoisotopic (exact) mass is 350 g/mol. The second kappa shape index (κ2) is 5.74. The third-order valence-electron chi connectivity index (χ3n) is 4.34. The van der Waals surface area contributed by atoms with Crippen LogP contribution in [0.5, 0.6) is 0 Å². The highest BCUT2D eigenvalue weighted by atomic mass is 35.5. The van der Waals surface area contributed by atoms with Gasteiger partial charge in [0.05, 0.1) is 34.3 Å². The molecule has 0 fully saturated rings. The number of benzene rings is 2. The maximum atomic E-state index is 6.52. The molecule has 4 nitrogen and oxygen atoms in total. The van der Waals surface area contributed by atoms with Crippen molar-refractivity contribution in [2.75, 3.05) is 5.32 Å². The summed E-state index contributed by atoms with van der Waals surface area (Å²) in [6.45, 7) is 6.52. The zero-order valence-electron chi connectivity index (χ0n) is 14.4. The lowest BCUT2D eigenvalue weighted by atomic mass is 9.87. The Morgan fingerprint density at radius 3 is 2.60 bits per heavy atom. The summed E-state index contributed by atoms with van der Waals surface area (Å²) in [7, 11) is 0. The molecule has 0 radical (unpaired) electrons. The Balaban J connectivity index is 1.81. The molecule has 0 aliphatic heterocycles. The molecule has 0 aliphatic rings. The first kappa shape index (κ1) is 15.9. The third-order valence-corrected chi connectivity index (χ3v) is 4.66. The molecule has 5 heteroatoms. The van der Waals surface area contributed by atoms with Crippen LogP contribution < -0.4 is 5.32 Å². The molecule has 0 bridgehead atoms. The van der Waals surface area contributed by atoms with Crippen molar-refractivity contribution in [3.8, 4) is 0 Å². The van der Waals surface area contributed by atoms with E-state index in [1.165, 1.54) is 5.56 Å². The van der Waals surface area contributed by atoms with Crippen molar-refractivity contribution in [1.82, 2.24) is 14.4 Å². The van der Waals surface area contributed by atoms with Crippen LogP contribution in [-0.2, 0) is 5.41 Å². The number of fused-ring (bicyclic) bond motifs is 3. The number of halogens is 1. The first-order chi connectivity index (χ1) is 11.9. The standard InChI is InChI=1S/C20H19ClN4/c1-20(2,3)13-8-9-15(14(21)10-13)23-19-18-11-22-12-25(18)17-7-5-4-6-16(17)24-19/h4-12H,1-3H3,(H,23,24). The molecule has 2 aromatic heterocycles. The molecule has 2 aromatic carbocycles. The predicted octanol–water partition coefficient (Wildman–Crippen LogP) is 5.58. The molecule has 0 unspecified atom stereocenters. The fourth-order valence-electron chi connectivity index (χ4n) is 2.90. The average molecular weight is 351 g/mol. The van der Waals surface area contributed by atoms with Crippen LogP contribution in [-0.4, -0.2) is 14.4 Å². The molecule has 4 rings (SSSR count). The first-order valence-corrected chi connectivity index (χ1v) is 8.59. The molecule has 4 aromatic rings. The molecular formula is C20H19ClN4.